The molecule has 0 spiro atoms. The van der Waals surface area contributed by atoms with Gasteiger partial charge in [0.1, 0.15) is 0 Å². The molecule has 1 aromatic carbocycles. The molecule has 1 rings (SSSR count). The Morgan fingerprint density at radius 2 is 1.94 bits per heavy atom. The Balaban J connectivity index is 2.85. The summed E-state index contributed by atoms with van der Waals surface area (Å²) in [6.45, 7) is 3.60. The Morgan fingerprint density at radius 3 is 2.44 bits per heavy atom. The highest BCUT2D eigenvalue weighted by Crippen LogP contribution is 2.23. The van der Waals surface area contributed by atoms with Crippen molar-refractivity contribution in [2.75, 3.05) is 0 Å². The smallest absolute Gasteiger partial charge is 0.171 e. The van der Waals surface area contributed by atoms with Crippen molar-refractivity contribution < 1.29 is 4.79 Å². The lowest BCUT2D eigenvalue weighted by Crippen LogP contribution is -2.21. The fourth-order valence-electron chi connectivity index (χ4n) is 0.986. The number of carbonyl (C=O) groups excluding carboxylic acids is 1. The second-order valence-electron chi connectivity index (χ2n) is 3.84. The number of rotatable bonds is 3. The van der Waals surface area contributed by atoms with Crippen LogP contribution >= 0.6 is 39.1 Å². The highest BCUT2D eigenvalue weighted by atomic mass is 79.9. The molecule has 1 nitrogen and oxygen atoms in total. The average molecular weight is 322 g/mol. The molecule has 0 saturated carbocycles. The average Bonchev–Trinajstić information content (AvgIpc) is 2.18. The van der Waals surface area contributed by atoms with E-state index in [4.69, 9.17) is 23.2 Å². The van der Waals surface area contributed by atoms with Gasteiger partial charge in [-0.2, -0.15) is 0 Å². The minimum absolute atomic E-state index is 0.00132. The maximum Gasteiger partial charge on any atom is 0.171 e. The number of carbonyl (C=O) groups is 1. The van der Waals surface area contributed by atoms with Crippen LogP contribution in [0.1, 0.15) is 19.4 Å². The second-order valence-corrected chi connectivity index (χ2v) is 6.64. The van der Waals surface area contributed by atoms with E-state index in [0.29, 0.717) is 10.0 Å². The van der Waals surface area contributed by atoms with Gasteiger partial charge in [0.2, 0.25) is 0 Å². The number of alkyl halides is 1. The number of hydrogen-bond acceptors (Lipinski definition) is 1. The summed E-state index contributed by atoms with van der Waals surface area (Å²) < 4.78 is -0.542. The molecule has 0 unspecified atom stereocenters. The quantitative estimate of drug-likeness (QED) is 0.580. The second kappa shape index (κ2) is 5.35. The van der Waals surface area contributed by atoms with Crippen LogP contribution in [0.15, 0.2) is 24.3 Å². The standard InChI is InChI=1S/C12H11BrCl2O/c1-12(2,13)11(16)6-4-8-3-5-9(14)10(15)7-8/h3-7H,1-2H3/b6-4-. The van der Waals surface area contributed by atoms with Gasteiger partial charge in [-0.1, -0.05) is 51.3 Å². The molecule has 0 aromatic heterocycles. The van der Waals surface area contributed by atoms with Crippen molar-refractivity contribution >= 4 is 51.0 Å². The zero-order valence-corrected chi connectivity index (χ0v) is 12.0. The number of allylic oxidation sites excluding steroid dienone is 1. The van der Waals surface area contributed by atoms with Crippen LogP contribution in [0.2, 0.25) is 10.0 Å². The lowest BCUT2D eigenvalue weighted by Gasteiger charge is -2.10. The Kier molecular flexibility index (Phi) is 4.60. The van der Waals surface area contributed by atoms with Crippen LogP contribution < -0.4 is 0 Å². The Bertz CT molecular complexity index is 433. The van der Waals surface area contributed by atoms with Gasteiger partial charge in [-0.15, -0.1) is 0 Å². The van der Waals surface area contributed by atoms with E-state index in [1.165, 1.54) is 6.08 Å². The summed E-state index contributed by atoms with van der Waals surface area (Å²) in [5.74, 6) is -0.00132. The molecule has 0 saturated heterocycles. The normalized spacial score (nSPS) is 12.1. The molecule has 0 aliphatic heterocycles. The first-order valence-electron chi connectivity index (χ1n) is 4.67. The van der Waals surface area contributed by atoms with Gasteiger partial charge >= 0.3 is 0 Å². The Morgan fingerprint density at radius 1 is 1.31 bits per heavy atom. The zero-order valence-electron chi connectivity index (χ0n) is 8.93. The van der Waals surface area contributed by atoms with Crippen molar-refractivity contribution in [2.24, 2.45) is 0 Å². The van der Waals surface area contributed by atoms with Gasteiger partial charge in [-0.05, 0) is 37.6 Å². The number of ketones is 1. The molecule has 0 radical (unpaired) electrons. The first kappa shape index (κ1) is 13.8. The van der Waals surface area contributed by atoms with Crippen LogP contribution in [0.3, 0.4) is 0 Å². The minimum Gasteiger partial charge on any atom is -0.293 e. The Hall–Kier alpha value is -0.310. The molecule has 0 bridgehead atoms. The van der Waals surface area contributed by atoms with Crippen LogP contribution in [-0.2, 0) is 4.79 Å². The molecule has 0 heterocycles. The summed E-state index contributed by atoms with van der Waals surface area (Å²) in [5.41, 5.74) is 0.847. The van der Waals surface area contributed by atoms with Crippen LogP contribution in [0.4, 0.5) is 0 Å². The molecule has 0 aliphatic rings. The zero-order chi connectivity index (χ0) is 12.3. The number of hydrogen-bond donors (Lipinski definition) is 0. The maximum absolute atomic E-state index is 11.6. The first-order valence-corrected chi connectivity index (χ1v) is 6.22. The maximum atomic E-state index is 11.6. The largest absolute Gasteiger partial charge is 0.293 e. The van der Waals surface area contributed by atoms with Crippen LogP contribution in [0, 0.1) is 0 Å². The van der Waals surface area contributed by atoms with Gasteiger partial charge in [0, 0.05) is 0 Å². The van der Waals surface area contributed by atoms with E-state index in [-0.39, 0.29) is 5.78 Å². The van der Waals surface area contributed by atoms with Crippen molar-refractivity contribution in [3.8, 4) is 0 Å². The molecule has 0 aliphatic carbocycles. The highest BCUT2D eigenvalue weighted by molar-refractivity contribution is 9.10. The summed E-state index contributed by atoms with van der Waals surface area (Å²) in [4.78, 5) is 11.6. The topological polar surface area (TPSA) is 17.1 Å². The summed E-state index contributed by atoms with van der Waals surface area (Å²) in [6, 6.07) is 5.22. The van der Waals surface area contributed by atoms with E-state index >= 15 is 0 Å². The molecular formula is C12H11BrCl2O. The lowest BCUT2D eigenvalue weighted by atomic mass is 10.1. The molecule has 0 amide bonds. The van der Waals surface area contributed by atoms with E-state index in [1.54, 1.807) is 38.1 Å². The van der Waals surface area contributed by atoms with Crippen molar-refractivity contribution in [3.05, 3.63) is 39.9 Å². The van der Waals surface area contributed by atoms with E-state index < -0.39 is 4.32 Å². The van der Waals surface area contributed by atoms with Gasteiger partial charge in [0.05, 0.1) is 14.4 Å². The third-order valence-electron chi connectivity index (χ3n) is 1.96. The third-order valence-corrected chi connectivity index (χ3v) is 3.09. The predicted molar refractivity (Wildman–Crippen MR) is 73.5 cm³/mol. The predicted octanol–water partition coefficient (Wildman–Crippen LogP) is 4.75. The molecule has 16 heavy (non-hydrogen) atoms. The summed E-state index contributed by atoms with van der Waals surface area (Å²) in [7, 11) is 0. The first-order chi connectivity index (χ1) is 7.30. The highest BCUT2D eigenvalue weighted by Gasteiger charge is 2.20. The van der Waals surface area contributed by atoms with Gasteiger partial charge in [-0.3, -0.25) is 4.79 Å². The number of benzene rings is 1. The summed E-state index contributed by atoms with van der Waals surface area (Å²) in [5, 5.41) is 0.986. The van der Waals surface area contributed by atoms with E-state index in [9.17, 15) is 4.79 Å². The molecule has 0 atom stereocenters. The van der Waals surface area contributed by atoms with Crippen molar-refractivity contribution in [1.29, 1.82) is 0 Å². The summed E-state index contributed by atoms with van der Waals surface area (Å²) in [6.07, 6.45) is 3.24. The molecule has 4 heteroatoms. The van der Waals surface area contributed by atoms with Crippen molar-refractivity contribution in [1.82, 2.24) is 0 Å². The van der Waals surface area contributed by atoms with Crippen molar-refractivity contribution in [3.63, 3.8) is 0 Å². The van der Waals surface area contributed by atoms with Crippen LogP contribution in [0.25, 0.3) is 6.08 Å². The van der Waals surface area contributed by atoms with Gasteiger partial charge in [0.15, 0.2) is 5.78 Å². The third kappa shape index (κ3) is 3.93. The molecule has 86 valence electrons. The molecule has 0 N–H and O–H groups in total. The van der Waals surface area contributed by atoms with Crippen molar-refractivity contribution in [2.45, 2.75) is 18.2 Å². The van der Waals surface area contributed by atoms with Gasteiger partial charge < -0.3 is 0 Å². The Labute approximate surface area is 114 Å². The fourth-order valence-corrected chi connectivity index (χ4v) is 1.42. The minimum atomic E-state index is -0.542. The number of halogens is 3. The van der Waals surface area contributed by atoms with Crippen LogP contribution in [-0.4, -0.2) is 10.1 Å². The fraction of sp³-hybridized carbons (Fsp3) is 0.250. The summed E-state index contributed by atoms with van der Waals surface area (Å²) >= 11 is 14.9. The molecule has 0 fully saturated rings. The van der Waals surface area contributed by atoms with Gasteiger partial charge in [-0.25, -0.2) is 0 Å². The van der Waals surface area contributed by atoms with E-state index in [1.807, 2.05) is 0 Å². The monoisotopic (exact) mass is 320 g/mol. The van der Waals surface area contributed by atoms with Gasteiger partial charge in [0.25, 0.3) is 0 Å². The lowest BCUT2D eigenvalue weighted by molar-refractivity contribution is -0.115. The molecule has 1 aromatic rings. The molecular weight excluding hydrogens is 311 g/mol. The van der Waals surface area contributed by atoms with Crippen LogP contribution in [0.5, 0.6) is 0 Å². The van der Waals surface area contributed by atoms with E-state index in [0.717, 1.165) is 5.56 Å². The SMILES string of the molecule is CC(C)(Br)C(=O)/C=C\c1ccc(Cl)c(Cl)c1. The van der Waals surface area contributed by atoms with E-state index in [2.05, 4.69) is 15.9 Å².